The van der Waals surface area contributed by atoms with Crippen LogP contribution in [-0.2, 0) is 0 Å². The van der Waals surface area contributed by atoms with Crippen molar-refractivity contribution in [3.63, 3.8) is 0 Å². The fourth-order valence-electron chi connectivity index (χ4n) is 3.22. The van der Waals surface area contributed by atoms with Crippen molar-refractivity contribution in [3.05, 3.63) is 35.6 Å². The molecule has 0 spiro atoms. The van der Waals surface area contributed by atoms with E-state index in [-0.39, 0.29) is 5.82 Å². The van der Waals surface area contributed by atoms with E-state index in [1.54, 1.807) is 12.1 Å². The largest absolute Gasteiger partial charge is 0.307 e. The summed E-state index contributed by atoms with van der Waals surface area (Å²) in [5, 5.41) is 3.77. The third-order valence-electron chi connectivity index (χ3n) is 4.45. The van der Waals surface area contributed by atoms with Gasteiger partial charge < -0.3 is 5.32 Å². The SMILES string of the molecule is CC(C)C(NC(C)C1CCCC1)c1ccc(F)cc1. The normalized spacial score (nSPS) is 19.8. The van der Waals surface area contributed by atoms with Gasteiger partial charge in [0.2, 0.25) is 0 Å². The van der Waals surface area contributed by atoms with E-state index in [0.717, 1.165) is 5.92 Å². The molecule has 2 atom stereocenters. The molecule has 0 amide bonds. The Labute approximate surface area is 116 Å². The van der Waals surface area contributed by atoms with Crippen LogP contribution >= 0.6 is 0 Å². The molecule has 1 fully saturated rings. The molecule has 1 N–H and O–H groups in total. The van der Waals surface area contributed by atoms with Crippen LogP contribution in [0.3, 0.4) is 0 Å². The lowest BCUT2D eigenvalue weighted by atomic mass is 9.92. The van der Waals surface area contributed by atoms with Crippen molar-refractivity contribution in [2.75, 3.05) is 0 Å². The van der Waals surface area contributed by atoms with E-state index in [0.29, 0.717) is 18.0 Å². The van der Waals surface area contributed by atoms with Crippen LogP contribution in [0.2, 0.25) is 0 Å². The predicted octanol–water partition coefficient (Wildman–Crippen LogP) is 4.69. The van der Waals surface area contributed by atoms with Crippen molar-refractivity contribution < 1.29 is 4.39 Å². The Bertz CT molecular complexity index is 379. The van der Waals surface area contributed by atoms with Gasteiger partial charge in [0.25, 0.3) is 0 Å². The van der Waals surface area contributed by atoms with E-state index in [4.69, 9.17) is 0 Å². The van der Waals surface area contributed by atoms with Crippen LogP contribution in [0.5, 0.6) is 0 Å². The lowest BCUT2D eigenvalue weighted by Crippen LogP contribution is -2.37. The van der Waals surface area contributed by atoms with Crippen LogP contribution in [-0.4, -0.2) is 6.04 Å². The topological polar surface area (TPSA) is 12.0 Å². The molecule has 1 aliphatic rings. The summed E-state index contributed by atoms with van der Waals surface area (Å²) >= 11 is 0. The molecule has 2 rings (SSSR count). The standard InChI is InChI=1S/C17H26FN/c1-12(2)17(15-8-10-16(18)11-9-15)19-13(3)14-6-4-5-7-14/h8-14,17,19H,4-7H2,1-3H3. The molecule has 0 aromatic heterocycles. The number of halogens is 1. The minimum Gasteiger partial charge on any atom is -0.307 e. The molecule has 0 saturated heterocycles. The zero-order valence-electron chi connectivity index (χ0n) is 12.3. The Morgan fingerprint density at radius 3 is 2.16 bits per heavy atom. The van der Waals surface area contributed by atoms with Gasteiger partial charge in [0, 0.05) is 12.1 Å². The average Bonchev–Trinajstić information content (AvgIpc) is 2.90. The molecule has 0 heterocycles. The highest BCUT2D eigenvalue weighted by atomic mass is 19.1. The second-order valence-electron chi connectivity index (χ2n) is 6.27. The zero-order valence-corrected chi connectivity index (χ0v) is 12.3. The quantitative estimate of drug-likeness (QED) is 0.812. The molecule has 1 aromatic carbocycles. The van der Waals surface area contributed by atoms with Crippen molar-refractivity contribution in [3.8, 4) is 0 Å². The molecule has 0 radical (unpaired) electrons. The highest BCUT2D eigenvalue weighted by molar-refractivity contribution is 5.20. The van der Waals surface area contributed by atoms with E-state index in [2.05, 4.69) is 26.1 Å². The highest BCUT2D eigenvalue weighted by Gasteiger charge is 2.25. The summed E-state index contributed by atoms with van der Waals surface area (Å²) in [7, 11) is 0. The first-order valence-electron chi connectivity index (χ1n) is 7.59. The molecular weight excluding hydrogens is 237 g/mol. The van der Waals surface area contributed by atoms with Gasteiger partial charge in [0.05, 0.1) is 0 Å². The van der Waals surface area contributed by atoms with Gasteiger partial charge in [-0.1, -0.05) is 38.8 Å². The number of hydrogen-bond donors (Lipinski definition) is 1. The molecule has 1 nitrogen and oxygen atoms in total. The summed E-state index contributed by atoms with van der Waals surface area (Å²) in [6.07, 6.45) is 5.45. The van der Waals surface area contributed by atoms with Gasteiger partial charge in [-0.2, -0.15) is 0 Å². The Hall–Kier alpha value is -0.890. The maximum Gasteiger partial charge on any atom is 0.123 e. The van der Waals surface area contributed by atoms with Gasteiger partial charge in [-0.3, -0.25) is 0 Å². The molecule has 1 aromatic rings. The number of hydrogen-bond acceptors (Lipinski definition) is 1. The van der Waals surface area contributed by atoms with E-state index in [9.17, 15) is 4.39 Å². The first-order chi connectivity index (χ1) is 9.08. The van der Waals surface area contributed by atoms with Crippen molar-refractivity contribution in [2.45, 2.75) is 58.5 Å². The Morgan fingerprint density at radius 1 is 1.05 bits per heavy atom. The number of rotatable bonds is 5. The molecule has 2 unspecified atom stereocenters. The second kappa shape index (κ2) is 6.51. The van der Waals surface area contributed by atoms with Gasteiger partial charge in [0.15, 0.2) is 0 Å². The Morgan fingerprint density at radius 2 is 1.63 bits per heavy atom. The van der Waals surface area contributed by atoms with Crippen LogP contribution in [0.1, 0.15) is 58.1 Å². The smallest absolute Gasteiger partial charge is 0.123 e. The number of benzene rings is 1. The first kappa shape index (κ1) is 14.5. The minimum absolute atomic E-state index is 0.157. The monoisotopic (exact) mass is 263 g/mol. The summed E-state index contributed by atoms with van der Waals surface area (Å²) in [6.45, 7) is 6.75. The summed E-state index contributed by atoms with van der Waals surface area (Å²) in [6, 6.07) is 7.80. The fourth-order valence-corrected chi connectivity index (χ4v) is 3.22. The molecule has 19 heavy (non-hydrogen) atoms. The maximum atomic E-state index is 13.0. The molecule has 1 aliphatic carbocycles. The molecule has 0 bridgehead atoms. The zero-order chi connectivity index (χ0) is 13.8. The summed E-state index contributed by atoms with van der Waals surface area (Å²) in [4.78, 5) is 0. The van der Waals surface area contributed by atoms with E-state index in [1.165, 1.54) is 31.2 Å². The van der Waals surface area contributed by atoms with Crippen LogP contribution in [0.25, 0.3) is 0 Å². The second-order valence-corrected chi connectivity index (χ2v) is 6.27. The van der Waals surface area contributed by atoms with E-state index >= 15 is 0 Å². The molecule has 0 aliphatic heterocycles. The van der Waals surface area contributed by atoms with Gasteiger partial charge in [0.1, 0.15) is 5.82 Å². The molecular formula is C17H26FN. The molecule has 1 saturated carbocycles. The lowest BCUT2D eigenvalue weighted by molar-refractivity contribution is 0.303. The average molecular weight is 263 g/mol. The summed E-state index contributed by atoms with van der Waals surface area (Å²) in [5.74, 6) is 1.16. The Balaban J connectivity index is 2.05. The van der Waals surface area contributed by atoms with Crippen LogP contribution < -0.4 is 5.32 Å². The van der Waals surface area contributed by atoms with Crippen molar-refractivity contribution in [1.29, 1.82) is 0 Å². The number of nitrogens with one attached hydrogen (secondary N) is 1. The molecule has 106 valence electrons. The minimum atomic E-state index is -0.157. The fraction of sp³-hybridized carbons (Fsp3) is 0.647. The lowest BCUT2D eigenvalue weighted by Gasteiger charge is -2.30. The van der Waals surface area contributed by atoms with Crippen molar-refractivity contribution in [1.82, 2.24) is 5.32 Å². The van der Waals surface area contributed by atoms with Crippen LogP contribution in [0, 0.1) is 17.7 Å². The van der Waals surface area contributed by atoms with E-state index in [1.807, 2.05) is 12.1 Å². The van der Waals surface area contributed by atoms with Crippen LogP contribution in [0.15, 0.2) is 24.3 Å². The predicted molar refractivity (Wildman–Crippen MR) is 78.5 cm³/mol. The van der Waals surface area contributed by atoms with Gasteiger partial charge in [-0.05, 0) is 49.3 Å². The highest BCUT2D eigenvalue weighted by Crippen LogP contribution is 2.30. The maximum absolute atomic E-state index is 13.0. The van der Waals surface area contributed by atoms with Crippen molar-refractivity contribution >= 4 is 0 Å². The third kappa shape index (κ3) is 3.79. The summed E-state index contributed by atoms with van der Waals surface area (Å²) in [5.41, 5.74) is 1.20. The molecule has 2 heteroatoms. The van der Waals surface area contributed by atoms with Gasteiger partial charge >= 0.3 is 0 Å². The van der Waals surface area contributed by atoms with Gasteiger partial charge in [-0.15, -0.1) is 0 Å². The van der Waals surface area contributed by atoms with E-state index < -0.39 is 0 Å². The van der Waals surface area contributed by atoms with Gasteiger partial charge in [-0.25, -0.2) is 4.39 Å². The third-order valence-corrected chi connectivity index (χ3v) is 4.45. The first-order valence-corrected chi connectivity index (χ1v) is 7.59. The van der Waals surface area contributed by atoms with Crippen molar-refractivity contribution in [2.24, 2.45) is 11.8 Å². The van der Waals surface area contributed by atoms with Crippen LogP contribution in [0.4, 0.5) is 4.39 Å². The Kier molecular flexibility index (Phi) is 4.98. The summed E-state index contributed by atoms with van der Waals surface area (Å²) < 4.78 is 13.0.